The molecule has 18 heavy (non-hydrogen) atoms. The largest absolute Gasteiger partial charge is 0.398 e. The van der Waals surface area contributed by atoms with E-state index in [4.69, 9.17) is 28.9 Å². The molecule has 0 aliphatic heterocycles. The smallest absolute Gasteiger partial charge is 0.0461 e. The summed E-state index contributed by atoms with van der Waals surface area (Å²) < 4.78 is 1.02. The second-order valence-electron chi connectivity index (χ2n) is 3.71. The molecule has 0 aliphatic rings. The lowest BCUT2D eigenvalue weighted by Crippen LogP contribution is -1.89. The Hall–Kier alpha value is -0.350. The van der Waals surface area contributed by atoms with E-state index in [1.54, 1.807) is 17.8 Å². The highest BCUT2D eigenvalue weighted by Crippen LogP contribution is 2.33. The number of benzene rings is 2. The summed E-state index contributed by atoms with van der Waals surface area (Å²) in [6, 6.07) is 11.3. The Morgan fingerprint density at radius 2 is 1.89 bits per heavy atom. The second-order valence-corrected chi connectivity index (χ2v) is 6.48. The van der Waals surface area contributed by atoms with E-state index in [2.05, 4.69) is 15.9 Å². The molecule has 0 heterocycles. The molecule has 2 rings (SSSR count). The molecule has 0 amide bonds. The molecule has 0 atom stereocenters. The number of anilines is 1. The second kappa shape index (κ2) is 6.20. The Morgan fingerprint density at radius 3 is 2.61 bits per heavy atom. The molecule has 0 saturated carbocycles. The Morgan fingerprint density at radius 1 is 1.11 bits per heavy atom. The van der Waals surface area contributed by atoms with Gasteiger partial charge in [-0.3, -0.25) is 0 Å². The molecule has 0 aromatic heterocycles. The van der Waals surface area contributed by atoms with Gasteiger partial charge in [0, 0.05) is 30.9 Å². The van der Waals surface area contributed by atoms with Crippen molar-refractivity contribution in [3.05, 3.63) is 56.5 Å². The maximum atomic E-state index is 6.13. The third-order valence-electron chi connectivity index (χ3n) is 2.37. The van der Waals surface area contributed by atoms with Crippen molar-refractivity contribution in [1.82, 2.24) is 0 Å². The van der Waals surface area contributed by atoms with Crippen LogP contribution in [0, 0.1) is 0 Å². The first-order chi connectivity index (χ1) is 8.56. The fourth-order valence-corrected chi connectivity index (χ4v) is 3.50. The lowest BCUT2D eigenvalue weighted by atomic mass is 10.2. The van der Waals surface area contributed by atoms with Gasteiger partial charge in [-0.25, -0.2) is 0 Å². The summed E-state index contributed by atoms with van der Waals surface area (Å²) in [5.41, 5.74) is 7.74. The third-order valence-corrected chi connectivity index (χ3v) is 4.57. The number of nitrogen functional groups attached to an aromatic ring is 1. The van der Waals surface area contributed by atoms with Crippen LogP contribution in [0.15, 0.2) is 45.8 Å². The van der Waals surface area contributed by atoms with Crippen molar-refractivity contribution in [3.8, 4) is 0 Å². The highest BCUT2D eigenvalue weighted by Gasteiger charge is 2.05. The Kier molecular flexibility index (Phi) is 4.84. The van der Waals surface area contributed by atoms with Gasteiger partial charge >= 0.3 is 0 Å². The van der Waals surface area contributed by atoms with E-state index in [0.717, 1.165) is 26.4 Å². The average Bonchev–Trinajstić information content (AvgIpc) is 2.32. The van der Waals surface area contributed by atoms with Crippen LogP contribution in [-0.4, -0.2) is 0 Å². The first kappa shape index (κ1) is 14.1. The van der Waals surface area contributed by atoms with Gasteiger partial charge in [-0.2, -0.15) is 0 Å². The zero-order chi connectivity index (χ0) is 13.1. The molecule has 2 N–H and O–H groups in total. The summed E-state index contributed by atoms with van der Waals surface area (Å²) in [5.74, 6) is 0.761. The zero-order valence-corrected chi connectivity index (χ0v) is 13.2. The predicted molar refractivity (Wildman–Crippen MR) is 84.6 cm³/mol. The highest BCUT2D eigenvalue weighted by molar-refractivity contribution is 9.10. The highest BCUT2D eigenvalue weighted by atomic mass is 79.9. The molecule has 0 radical (unpaired) electrons. The van der Waals surface area contributed by atoms with Crippen molar-refractivity contribution in [2.75, 3.05) is 5.73 Å². The standard InChI is InChI=1S/C13H10BrCl2NS/c14-9-2-4-12(17)13(5-9)18-7-8-1-3-10(15)6-11(8)16/h1-6H,7,17H2. The maximum Gasteiger partial charge on any atom is 0.0461 e. The summed E-state index contributed by atoms with van der Waals surface area (Å²) in [6.07, 6.45) is 0. The minimum absolute atomic E-state index is 0.649. The first-order valence-corrected chi connectivity index (χ1v) is 7.71. The molecule has 0 aliphatic carbocycles. The van der Waals surface area contributed by atoms with E-state index in [1.165, 1.54) is 0 Å². The molecule has 0 bridgehead atoms. The van der Waals surface area contributed by atoms with Crippen molar-refractivity contribution in [1.29, 1.82) is 0 Å². The summed E-state index contributed by atoms with van der Waals surface area (Å²) in [4.78, 5) is 1.04. The quantitative estimate of drug-likeness (QED) is 0.565. The van der Waals surface area contributed by atoms with Gasteiger partial charge in [-0.15, -0.1) is 11.8 Å². The fraction of sp³-hybridized carbons (Fsp3) is 0.0769. The van der Waals surface area contributed by atoms with Crippen LogP contribution < -0.4 is 5.73 Å². The minimum Gasteiger partial charge on any atom is -0.398 e. The lowest BCUT2D eigenvalue weighted by Gasteiger charge is -2.07. The SMILES string of the molecule is Nc1ccc(Br)cc1SCc1ccc(Cl)cc1Cl. The van der Waals surface area contributed by atoms with Crippen LogP contribution in [0.4, 0.5) is 5.69 Å². The van der Waals surface area contributed by atoms with Crippen LogP contribution >= 0.6 is 50.9 Å². The molecule has 0 fully saturated rings. The predicted octanol–water partition coefficient (Wildman–Crippen LogP) is 5.63. The molecule has 0 unspecified atom stereocenters. The zero-order valence-electron chi connectivity index (χ0n) is 9.29. The van der Waals surface area contributed by atoms with Gasteiger partial charge < -0.3 is 5.73 Å². The minimum atomic E-state index is 0.649. The van der Waals surface area contributed by atoms with Crippen molar-refractivity contribution in [2.45, 2.75) is 10.6 Å². The number of hydrogen-bond acceptors (Lipinski definition) is 2. The van der Waals surface area contributed by atoms with E-state index in [1.807, 2.05) is 30.3 Å². The Labute approximate surface area is 129 Å². The molecular formula is C13H10BrCl2NS. The van der Waals surface area contributed by atoms with Crippen LogP contribution in [0.3, 0.4) is 0 Å². The molecule has 2 aromatic rings. The number of halogens is 3. The summed E-state index contributed by atoms with van der Waals surface area (Å²) in [6.45, 7) is 0. The van der Waals surface area contributed by atoms with Gasteiger partial charge in [0.2, 0.25) is 0 Å². The van der Waals surface area contributed by atoms with Gasteiger partial charge in [0.1, 0.15) is 0 Å². The topological polar surface area (TPSA) is 26.0 Å². The van der Waals surface area contributed by atoms with Crippen LogP contribution in [0.2, 0.25) is 10.0 Å². The number of thioether (sulfide) groups is 1. The average molecular weight is 363 g/mol. The van der Waals surface area contributed by atoms with Crippen molar-refractivity contribution < 1.29 is 0 Å². The first-order valence-electron chi connectivity index (χ1n) is 5.18. The van der Waals surface area contributed by atoms with Gasteiger partial charge in [0.25, 0.3) is 0 Å². The lowest BCUT2D eigenvalue weighted by molar-refractivity contribution is 1.37. The van der Waals surface area contributed by atoms with Crippen LogP contribution in [0.5, 0.6) is 0 Å². The molecule has 0 saturated heterocycles. The van der Waals surface area contributed by atoms with Crippen LogP contribution in [-0.2, 0) is 5.75 Å². The number of nitrogens with two attached hydrogens (primary N) is 1. The Balaban J connectivity index is 2.13. The van der Waals surface area contributed by atoms with E-state index in [0.29, 0.717) is 10.0 Å². The molecule has 0 spiro atoms. The van der Waals surface area contributed by atoms with E-state index >= 15 is 0 Å². The molecular weight excluding hydrogens is 353 g/mol. The van der Waals surface area contributed by atoms with Gasteiger partial charge in [-0.1, -0.05) is 45.2 Å². The van der Waals surface area contributed by atoms with E-state index in [-0.39, 0.29) is 0 Å². The normalized spacial score (nSPS) is 10.6. The summed E-state index contributed by atoms with van der Waals surface area (Å²) >= 11 is 17.1. The molecule has 1 nitrogen and oxygen atoms in total. The van der Waals surface area contributed by atoms with E-state index in [9.17, 15) is 0 Å². The third kappa shape index (κ3) is 3.58. The van der Waals surface area contributed by atoms with Gasteiger partial charge in [0.15, 0.2) is 0 Å². The summed E-state index contributed by atoms with van der Waals surface area (Å²) in [5, 5.41) is 1.33. The van der Waals surface area contributed by atoms with Gasteiger partial charge in [0.05, 0.1) is 0 Å². The van der Waals surface area contributed by atoms with Crippen LogP contribution in [0.25, 0.3) is 0 Å². The number of hydrogen-bond donors (Lipinski definition) is 1. The van der Waals surface area contributed by atoms with Crippen LogP contribution in [0.1, 0.15) is 5.56 Å². The maximum absolute atomic E-state index is 6.13. The molecule has 5 heteroatoms. The number of rotatable bonds is 3. The van der Waals surface area contributed by atoms with E-state index < -0.39 is 0 Å². The summed E-state index contributed by atoms with van der Waals surface area (Å²) in [7, 11) is 0. The van der Waals surface area contributed by atoms with Crippen molar-refractivity contribution in [3.63, 3.8) is 0 Å². The fourth-order valence-electron chi connectivity index (χ4n) is 1.43. The van der Waals surface area contributed by atoms with Gasteiger partial charge in [-0.05, 0) is 35.9 Å². The van der Waals surface area contributed by atoms with Crippen molar-refractivity contribution >= 4 is 56.6 Å². The van der Waals surface area contributed by atoms with Crippen molar-refractivity contribution in [2.24, 2.45) is 0 Å². The molecule has 2 aromatic carbocycles. The Bertz CT molecular complexity index is 575. The molecule has 94 valence electrons. The monoisotopic (exact) mass is 361 g/mol.